The highest BCUT2D eigenvalue weighted by atomic mass is 16.4. The van der Waals surface area contributed by atoms with Crippen LogP contribution in [-0.4, -0.2) is 27.0 Å². The summed E-state index contributed by atoms with van der Waals surface area (Å²) in [5, 5.41) is 15.0. The van der Waals surface area contributed by atoms with Gasteiger partial charge in [0.2, 0.25) is 11.9 Å². The fourth-order valence-corrected chi connectivity index (χ4v) is 2.99. The molecule has 7 nitrogen and oxygen atoms in total. The molecule has 1 aromatic heterocycles. The topological polar surface area (TPSA) is 104 Å². The average Bonchev–Trinajstić information content (AvgIpc) is 2.77. The number of amides is 1. The fourth-order valence-electron chi connectivity index (χ4n) is 2.99. The van der Waals surface area contributed by atoms with Crippen LogP contribution in [0.2, 0.25) is 0 Å². The number of fused-ring (bicyclic) bond motifs is 3. The van der Waals surface area contributed by atoms with Crippen molar-refractivity contribution in [3.05, 3.63) is 65.4 Å². The first-order valence-corrected chi connectivity index (χ1v) is 8.37. The Morgan fingerprint density at radius 1 is 1.19 bits per heavy atom. The van der Waals surface area contributed by atoms with Gasteiger partial charge in [-0.3, -0.25) is 4.79 Å². The average molecular weight is 360 g/mol. The monoisotopic (exact) mass is 360 g/mol. The minimum absolute atomic E-state index is 0.103. The molecule has 7 heteroatoms. The summed E-state index contributed by atoms with van der Waals surface area (Å²) in [5.74, 6) is -0.709. The lowest BCUT2D eigenvalue weighted by Crippen LogP contribution is -2.12. The SMILES string of the molecule is Cc1ccc2c(c1)NC(=O)Cc1cnc(Nc3ccc(C(=O)O)cc3)nc1-2. The van der Waals surface area contributed by atoms with Crippen molar-refractivity contribution in [2.45, 2.75) is 13.3 Å². The molecule has 0 atom stereocenters. The summed E-state index contributed by atoms with van der Waals surface area (Å²) < 4.78 is 0. The highest BCUT2D eigenvalue weighted by molar-refractivity contribution is 6.00. The molecule has 2 heterocycles. The van der Waals surface area contributed by atoms with E-state index in [1.54, 1.807) is 18.3 Å². The molecule has 0 fully saturated rings. The maximum atomic E-state index is 12.2. The predicted molar refractivity (Wildman–Crippen MR) is 101 cm³/mol. The molecule has 1 amide bonds. The molecule has 27 heavy (non-hydrogen) atoms. The first-order valence-electron chi connectivity index (χ1n) is 8.37. The van der Waals surface area contributed by atoms with E-state index < -0.39 is 5.97 Å². The van der Waals surface area contributed by atoms with Crippen molar-refractivity contribution in [1.82, 2.24) is 9.97 Å². The van der Waals surface area contributed by atoms with E-state index in [1.807, 2.05) is 25.1 Å². The maximum absolute atomic E-state index is 12.2. The van der Waals surface area contributed by atoms with Gasteiger partial charge in [0.15, 0.2) is 0 Å². The van der Waals surface area contributed by atoms with Gasteiger partial charge in [0, 0.05) is 23.0 Å². The highest BCUT2D eigenvalue weighted by Crippen LogP contribution is 2.33. The van der Waals surface area contributed by atoms with Gasteiger partial charge in [-0.05, 0) is 42.8 Å². The highest BCUT2D eigenvalue weighted by Gasteiger charge is 2.21. The van der Waals surface area contributed by atoms with E-state index in [4.69, 9.17) is 5.11 Å². The standard InChI is InChI=1S/C20H16N4O3/c1-11-2-7-15-16(8-11)23-17(25)9-13-10-21-20(24-18(13)15)22-14-5-3-12(4-6-14)19(26)27/h2-8,10H,9H2,1H3,(H,23,25)(H,26,27)(H,21,22,24). The lowest BCUT2D eigenvalue weighted by Gasteiger charge is -2.11. The third-order valence-corrected chi connectivity index (χ3v) is 4.31. The minimum atomic E-state index is -0.980. The number of carbonyl (C=O) groups is 2. The van der Waals surface area contributed by atoms with Crippen LogP contribution in [0.5, 0.6) is 0 Å². The van der Waals surface area contributed by atoms with Crippen molar-refractivity contribution in [3.63, 3.8) is 0 Å². The first-order chi connectivity index (χ1) is 13.0. The number of nitrogens with one attached hydrogen (secondary N) is 2. The molecule has 0 bridgehead atoms. The summed E-state index contributed by atoms with van der Waals surface area (Å²) in [6, 6.07) is 12.2. The molecular formula is C20H16N4O3. The number of carboxylic acids is 1. The van der Waals surface area contributed by atoms with Crippen molar-refractivity contribution in [2.75, 3.05) is 10.6 Å². The molecule has 4 rings (SSSR count). The number of carboxylic acid groups (broad SMARTS) is 1. The van der Waals surface area contributed by atoms with E-state index in [0.717, 1.165) is 22.4 Å². The molecule has 134 valence electrons. The van der Waals surface area contributed by atoms with E-state index in [2.05, 4.69) is 20.6 Å². The normalized spacial score (nSPS) is 12.4. The van der Waals surface area contributed by atoms with E-state index in [1.165, 1.54) is 12.1 Å². The number of anilines is 3. The molecule has 1 aliphatic rings. The zero-order chi connectivity index (χ0) is 19.0. The van der Waals surface area contributed by atoms with Crippen LogP contribution in [0.3, 0.4) is 0 Å². The van der Waals surface area contributed by atoms with Gasteiger partial charge in [-0.2, -0.15) is 0 Å². The van der Waals surface area contributed by atoms with Gasteiger partial charge in [0.05, 0.1) is 23.4 Å². The van der Waals surface area contributed by atoms with E-state index in [-0.39, 0.29) is 17.9 Å². The third-order valence-electron chi connectivity index (χ3n) is 4.31. The molecule has 2 aromatic carbocycles. The molecule has 0 unspecified atom stereocenters. The number of aromatic nitrogens is 2. The second-order valence-electron chi connectivity index (χ2n) is 6.35. The van der Waals surface area contributed by atoms with E-state index in [0.29, 0.717) is 17.3 Å². The van der Waals surface area contributed by atoms with Gasteiger partial charge in [0.1, 0.15) is 0 Å². The fraction of sp³-hybridized carbons (Fsp3) is 0.100. The number of benzene rings is 2. The Hall–Kier alpha value is -3.74. The van der Waals surface area contributed by atoms with Crippen LogP contribution in [-0.2, 0) is 11.2 Å². The van der Waals surface area contributed by atoms with Crippen LogP contribution in [0, 0.1) is 6.92 Å². The summed E-state index contributed by atoms with van der Waals surface area (Å²) in [6.45, 7) is 1.96. The smallest absolute Gasteiger partial charge is 0.335 e. The van der Waals surface area contributed by atoms with Crippen molar-refractivity contribution >= 4 is 29.2 Å². The van der Waals surface area contributed by atoms with Crippen LogP contribution in [0.4, 0.5) is 17.3 Å². The second-order valence-corrected chi connectivity index (χ2v) is 6.35. The molecular weight excluding hydrogens is 344 g/mol. The summed E-state index contributed by atoms with van der Waals surface area (Å²) in [6.07, 6.45) is 1.85. The van der Waals surface area contributed by atoms with Crippen LogP contribution >= 0.6 is 0 Å². The lowest BCUT2D eigenvalue weighted by atomic mass is 10.0. The maximum Gasteiger partial charge on any atom is 0.335 e. The Bertz CT molecular complexity index is 1060. The summed E-state index contributed by atoms with van der Waals surface area (Å²) in [4.78, 5) is 32.0. The van der Waals surface area contributed by atoms with Gasteiger partial charge in [-0.15, -0.1) is 0 Å². The molecule has 0 radical (unpaired) electrons. The molecule has 1 aliphatic heterocycles. The van der Waals surface area contributed by atoms with Gasteiger partial charge >= 0.3 is 5.97 Å². The van der Waals surface area contributed by atoms with Crippen molar-refractivity contribution in [3.8, 4) is 11.3 Å². The van der Waals surface area contributed by atoms with Crippen LogP contribution in [0.1, 0.15) is 21.5 Å². The number of rotatable bonds is 3. The van der Waals surface area contributed by atoms with Crippen LogP contribution in [0.15, 0.2) is 48.7 Å². The minimum Gasteiger partial charge on any atom is -0.478 e. The second kappa shape index (κ2) is 6.53. The molecule has 0 saturated heterocycles. The summed E-state index contributed by atoms with van der Waals surface area (Å²) >= 11 is 0. The number of hydrogen-bond donors (Lipinski definition) is 3. The molecule has 0 aliphatic carbocycles. The Kier molecular flexibility index (Phi) is 4.04. The summed E-state index contributed by atoms with van der Waals surface area (Å²) in [5.41, 5.74) is 4.94. The van der Waals surface area contributed by atoms with Crippen LogP contribution in [0.25, 0.3) is 11.3 Å². The number of aryl methyl sites for hydroxylation is 1. The quantitative estimate of drug-likeness (QED) is 0.661. The van der Waals surface area contributed by atoms with E-state index >= 15 is 0 Å². The molecule has 3 aromatic rings. The Labute approximate surface area is 155 Å². The Morgan fingerprint density at radius 3 is 2.70 bits per heavy atom. The van der Waals surface area contributed by atoms with E-state index in [9.17, 15) is 9.59 Å². The number of carbonyl (C=O) groups excluding carboxylic acids is 1. The predicted octanol–water partition coefficient (Wildman–Crippen LogP) is 3.39. The number of nitrogens with zero attached hydrogens (tertiary/aromatic N) is 2. The Balaban J connectivity index is 1.71. The summed E-state index contributed by atoms with van der Waals surface area (Å²) in [7, 11) is 0. The number of hydrogen-bond acceptors (Lipinski definition) is 5. The van der Waals surface area contributed by atoms with Crippen LogP contribution < -0.4 is 10.6 Å². The van der Waals surface area contributed by atoms with Gasteiger partial charge in [0.25, 0.3) is 0 Å². The van der Waals surface area contributed by atoms with Gasteiger partial charge < -0.3 is 15.7 Å². The molecule has 0 spiro atoms. The lowest BCUT2D eigenvalue weighted by molar-refractivity contribution is -0.115. The zero-order valence-corrected chi connectivity index (χ0v) is 14.5. The van der Waals surface area contributed by atoms with Crippen molar-refractivity contribution < 1.29 is 14.7 Å². The largest absolute Gasteiger partial charge is 0.478 e. The van der Waals surface area contributed by atoms with Gasteiger partial charge in [-0.25, -0.2) is 14.8 Å². The van der Waals surface area contributed by atoms with Crippen molar-refractivity contribution in [2.24, 2.45) is 0 Å². The zero-order valence-electron chi connectivity index (χ0n) is 14.5. The molecule has 0 saturated carbocycles. The first kappa shape index (κ1) is 16.7. The number of aromatic carboxylic acids is 1. The van der Waals surface area contributed by atoms with Gasteiger partial charge in [-0.1, -0.05) is 12.1 Å². The van der Waals surface area contributed by atoms with Crippen molar-refractivity contribution in [1.29, 1.82) is 0 Å². The molecule has 3 N–H and O–H groups in total. The Morgan fingerprint density at radius 2 is 1.96 bits per heavy atom. The third kappa shape index (κ3) is 3.35.